The number of alkyl halides is 3. The van der Waals surface area contributed by atoms with E-state index in [-0.39, 0.29) is 12.1 Å². The fourth-order valence-corrected chi connectivity index (χ4v) is 2.19. The van der Waals surface area contributed by atoms with Crippen LogP contribution < -0.4 is 20.1 Å². The van der Waals surface area contributed by atoms with Crippen molar-refractivity contribution in [2.24, 2.45) is 0 Å². The Morgan fingerprint density at radius 2 is 1.78 bits per heavy atom. The highest BCUT2D eigenvalue weighted by molar-refractivity contribution is 5.89. The molecule has 2 amide bonds. The van der Waals surface area contributed by atoms with Gasteiger partial charge in [0.15, 0.2) is 11.5 Å². The van der Waals surface area contributed by atoms with Crippen LogP contribution in [0.4, 0.5) is 23.7 Å². The first-order valence-electron chi connectivity index (χ1n) is 7.77. The minimum Gasteiger partial charge on any atom is -0.493 e. The summed E-state index contributed by atoms with van der Waals surface area (Å²) in [7, 11) is 2.96. The average Bonchev–Trinajstić information content (AvgIpc) is 2.64. The molecule has 2 N–H and O–H groups in total. The molecule has 0 saturated carbocycles. The summed E-state index contributed by atoms with van der Waals surface area (Å²) in [5.74, 6) is 5.88. The second-order valence-corrected chi connectivity index (χ2v) is 5.22. The molecule has 0 bridgehead atoms. The number of halogens is 3. The van der Waals surface area contributed by atoms with E-state index in [4.69, 9.17) is 9.47 Å². The normalized spacial score (nSPS) is 10.4. The molecule has 0 spiro atoms. The first-order chi connectivity index (χ1) is 12.8. The van der Waals surface area contributed by atoms with E-state index in [9.17, 15) is 18.0 Å². The van der Waals surface area contributed by atoms with Crippen LogP contribution in [-0.2, 0) is 6.18 Å². The van der Waals surface area contributed by atoms with Crippen LogP contribution in [0.3, 0.4) is 0 Å². The van der Waals surface area contributed by atoms with E-state index in [0.29, 0.717) is 17.2 Å². The van der Waals surface area contributed by atoms with Gasteiger partial charge in [0, 0.05) is 17.3 Å². The smallest absolute Gasteiger partial charge is 0.417 e. The SMILES string of the molecule is COc1ccc(NC(=O)NCC#Cc2ccccc2C(F)(F)F)cc1OC. The number of ether oxygens (including phenoxy) is 2. The summed E-state index contributed by atoms with van der Waals surface area (Å²) in [5.41, 5.74) is -0.500. The molecule has 0 fully saturated rings. The summed E-state index contributed by atoms with van der Waals surface area (Å²) in [4.78, 5) is 11.9. The van der Waals surface area contributed by atoms with Crippen molar-refractivity contribution < 1.29 is 27.4 Å². The number of hydrogen-bond acceptors (Lipinski definition) is 3. The summed E-state index contributed by atoms with van der Waals surface area (Å²) < 4.78 is 48.9. The Bertz CT molecular complexity index is 870. The topological polar surface area (TPSA) is 59.6 Å². The summed E-state index contributed by atoms with van der Waals surface area (Å²) in [5, 5.41) is 5.02. The van der Waals surface area contributed by atoms with Gasteiger partial charge in [-0.05, 0) is 24.3 Å². The Balaban J connectivity index is 1.96. The Hall–Kier alpha value is -3.34. The predicted molar refractivity (Wildman–Crippen MR) is 94.9 cm³/mol. The zero-order chi connectivity index (χ0) is 19.9. The third kappa shape index (κ3) is 5.57. The fraction of sp³-hybridized carbons (Fsp3) is 0.211. The van der Waals surface area contributed by atoms with E-state index >= 15 is 0 Å². The molecule has 0 aliphatic rings. The Kier molecular flexibility index (Phi) is 6.55. The summed E-state index contributed by atoms with van der Waals surface area (Å²) in [6, 6.07) is 9.26. The monoisotopic (exact) mass is 378 g/mol. The van der Waals surface area contributed by atoms with Crippen LogP contribution in [-0.4, -0.2) is 26.8 Å². The van der Waals surface area contributed by atoms with Crippen LogP contribution in [0.15, 0.2) is 42.5 Å². The first kappa shape index (κ1) is 20.0. The minimum atomic E-state index is -4.48. The van der Waals surface area contributed by atoms with Gasteiger partial charge in [0.05, 0.1) is 26.3 Å². The standard InChI is InChI=1S/C19H17F3N2O3/c1-26-16-10-9-14(12-17(16)27-2)24-18(25)23-11-5-7-13-6-3-4-8-15(13)19(20,21)22/h3-4,6,8-10,12H,11H2,1-2H3,(H2,23,24,25). The quantitative estimate of drug-likeness (QED) is 0.794. The molecular weight excluding hydrogens is 361 g/mol. The zero-order valence-corrected chi connectivity index (χ0v) is 14.6. The molecule has 0 radical (unpaired) electrons. The van der Waals surface area contributed by atoms with Crippen molar-refractivity contribution in [1.82, 2.24) is 5.32 Å². The molecule has 0 aliphatic carbocycles. The molecule has 2 aromatic carbocycles. The summed E-state index contributed by atoms with van der Waals surface area (Å²) >= 11 is 0. The lowest BCUT2D eigenvalue weighted by atomic mass is 10.1. The molecule has 27 heavy (non-hydrogen) atoms. The number of benzene rings is 2. The number of urea groups is 1. The van der Waals surface area contributed by atoms with Gasteiger partial charge < -0.3 is 20.1 Å². The molecule has 8 heteroatoms. The summed E-state index contributed by atoms with van der Waals surface area (Å²) in [6.45, 7) is -0.120. The van der Waals surface area contributed by atoms with Gasteiger partial charge in [0.1, 0.15) is 0 Å². The molecule has 0 aliphatic heterocycles. The fourth-order valence-electron chi connectivity index (χ4n) is 2.19. The van der Waals surface area contributed by atoms with E-state index in [2.05, 4.69) is 22.5 Å². The Morgan fingerprint density at radius 1 is 1.07 bits per heavy atom. The van der Waals surface area contributed by atoms with E-state index < -0.39 is 17.8 Å². The van der Waals surface area contributed by atoms with E-state index in [0.717, 1.165) is 6.07 Å². The van der Waals surface area contributed by atoms with Gasteiger partial charge in [-0.2, -0.15) is 13.2 Å². The molecule has 0 unspecified atom stereocenters. The largest absolute Gasteiger partial charge is 0.493 e. The number of anilines is 1. The predicted octanol–water partition coefficient (Wildman–Crippen LogP) is 3.90. The number of amides is 2. The van der Waals surface area contributed by atoms with Crippen LogP contribution >= 0.6 is 0 Å². The molecule has 2 rings (SSSR count). The van der Waals surface area contributed by atoms with Crippen LogP contribution in [0.5, 0.6) is 11.5 Å². The van der Waals surface area contributed by atoms with Gasteiger partial charge in [-0.15, -0.1) is 0 Å². The van der Waals surface area contributed by atoms with Crippen molar-refractivity contribution in [2.75, 3.05) is 26.1 Å². The molecule has 142 valence electrons. The lowest BCUT2D eigenvalue weighted by molar-refractivity contribution is -0.137. The molecular formula is C19H17F3N2O3. The second-order valence-electron chi connectivity index (χ2n) is 5.22. The molecule has 0 aromatic heterocycles. The van der Waals surface area contributed by atoms with Gasteiger partial charge in [0.25, 0.3) is 0 Å². The van der Waals surface area contributed by atoms with Crippen molar-refractivity contribution in [3.8, 4) is 23.3 Å². The summed E-state index contributed by atoms with van der Waals surface area (Å²) in [6.07, 6.45) is -4.48. The molecule has 5 nitrogen and oxygen atoms in total. The van der Waals surface area contributed by atoms with E-state index in [1.807, 2.05) is 0 Å². The molecule has 0 saturated heterocycles. The number of rotatable bonds is 4. The zero-order valence-electron chi connectivity index (χ0n) is 14.6. The highest BCUT2D eigenvalue weighted by Gasteiger charge is 2.32. The van der Waals surface area contributed by atoms with E-state index in [1.54, 1.807) is 18.2 Å². The van der Waals surface area contributed by atoms with Crippen LogP contribution in [0.2, 0.25) is 0 Å². The van der Waals surface area contributed by atoms with Gasteiger partial charge >= 0.3 is 12.2 Å². The minimum absolute atomic E-state index is 0.120. The van der Waals surface area contributed by atoms with Crippen molar-refractivity contribution in [1.29, 1.82) is 0 Å². The Morgan fingerprint density at radius 3 is 2.44 bits per heavy atom. The first-order valence-corrected chi connectivity index (χ1v) is 7.77. The van der Waals surface area contributed by atoms with Crippen LogP contribution in [0.1, 0.15) is 11.1 Å². The van der Waals surface area contributed by atoms with Crippen LogP contribution in [0.25, 0.3) is 0 Å². The van der Waals surface area contributed by atoms with Gasteiger partial charge in [-0.3, -0.25) is 0 Å². The van der Waals surface area contributed by atoms with Crippen molar-refractivity contribution >= 4 is 11.7 Å². The lowest BCUT2D eigenvalue weighted by Crippen LogP contribution is -2.28. The molecule has 0 atom stereocenters. The average molecular weight is 378 g/mol. The van der Waals surface area contributed by atoms with Crippen LogP contribution in [0, 0.1) is 11.8 Å². The third-order valence-electron chi connectivity index (χ3n) is 3.43. The third-order valence-corrected chi connectivity index (χ3v) is 3.43. The molecule has 2 aromatic rings. The number of hydrogen-bond donors (Lipinski definition) is 2. The van der Waals surface area contributed by atoms with Gasteiger partial charge in [-0.25, -0.2) is 4.79 Å². The maximum Gasteiger partial charge on any atom is 0.417 e. The molecule has 0 heterocycles. The van der Waals surface area contributed by atoms with Crippen molar-refractivity contribution in [2.45, 2.75) is 6.18 Å². The number of carbonyl (C=O) groups excluding carboxylic acids is 1. The Labute approximate surface area is 154 Å². The number of nitrogens with one attached hydrogen (secondary N) is 2. The van der Waals surface area contributed by atoms with Gasteiger partial charge in [-0.1, -0.05) is 24.0 Å². The number of methoxy groups -OCH3 is 2. The maximum absolute atomic E-state index is 12.9. The van der Waals surface area contributed by atoms with Crippen molar-refractivity contribution in [3.05, 3.63) is 53.6 Å². The van der Waals surface area contributed by atoms with Crippen molar-refractivity contribution in [3.63, 3.8) is 0 Å². The lowest BCUT2D eigenvalue weighted by Gasteiger charge is -2.10. The number of carbonyl (C=O) groups is 1. The maximum atomic E-state index is 12.9. The second kappa shape index (κ2) is 8.85. The van der Waals surface area contributed by atoms with Gasteiger partial charge in [0.2, 0.25) is 0 Å². The van der Waals surface area contributed by atoms with E-state index in [1.165, 1.54) is 32.4 Å². The highest BCUT2D eigenvalue weighted by Crippen LogP contribution is 2.31. The highest BCUT2D eigenvalue weighted by atomic mass is 19.4.